The predicted octanol–water partition coefficient (Wildman–Crippen LogP) is 5.42. The summed E-state index contributed by atoms with van der Waals surface area (Å²) in [5.74, 6) is 0.0639. The highest BCUT2D eigenvalue weighted by molar-refractivity contribution is 5.91. The van der Waals surface area contributed by atoms with Crippen LogP contribution in [-0.2, 0) is 11.4 Å². The van der Waals surface area contributed by atoms with E-state index in [9.17, 15) is 9.90 Å². The number of carbonyl (C=O) groups is 1. The van der Waals surface area contributed by atoms with Crippen LogP contribution in [0.5, 0.6) is 5.75 Å². The first kappa shape index (κ1) is 18.5. The molecule has 0 aliphatic heterocycles. The molecule has 3 aromatic carbocycles. The third-order valence-electron chi connectivity index (χ3n) is 4.36. The van der Waals surface area contributed by atoms with Gasteiger partial charge in [0.2, 0.25) is 5.89 Å². The number of benzene rings is 3. The van der Waals surface area contributed by atoms with Gasteiger partial charge in [-0.25, -0.2) is 4.98 Å². The molecule has 5 nitrogen and oxygen atoms in total. The number of fused-ring (bicyclic) bond motifs is 1. The zero-order valence-corrected chi connectivity index (χ0v) is 15.6. The third kappa shape index (κ3) is 4.71. The van der Waals surface area contributed by atoms with Crippen LogP contribution in [0.25, 0.3) is 22.7 Å². The molecule has 0 radical (unpaired) electrons. The summed E-state index contributed by atoms with van der Waals surface area (Å²) in [6.07, 6.45) is 1.58. The van der Waals surface area contributed by atoms with Crippen LogP contribution in [0.4, 0.5) is 0 Å². The topological polar surface area (TPSA) is 72.6 Å². The first-order valence-corrected chi connectivity index (χ1v) is 9.22. The van der Waals surface area contributed by atoms with E-state index in [2.05, 4.69) is 4.98 Å². The van der Waals surface area contributed by atoms with Gasteiger partial charge in [0.25, 0.3) is 0 Å². The molecule has 4 aromatic rings. The van der Waals surface area contributed by atoms with E-state index in [4.69, 9.17) is 9.15 Å². The maximum absolute atomic E-state index is 11.4. The van der Waals surface area contributed by atoms with Crippen molar-refractivity contribution in [3.8, 4) is 5.75 Å². The number of hydrogen-bond donors (Lipinski definition) is 1. The molecule has 0 amide bonds. The first-order chi connectivity index (χ1) is 14.2. The number of aromatic nitrogens is 1. The van der Waals surface area contributed by atoms with Gasteiger partial charge in [0.05, 0.1) is 6.42 Å². The van der Waals surface area contributed by atoms with Crippen LogP contribution in [0, 0.1) is 0 Å². The third-order valence-corrected chi connectivity index (χ3v) is 4.36. The number of ether oxygens (including phenoxy) is 1. The Hall–Kier alpha value is -3.86. The summed E-state index contributed by atoms with van der Waals surface area (Å²) < 4.78 is 11.6. The molecule has 0 aliphatic carbocycles. The molecule has 0 saturated heterocycles. The van der Waals surface area contributed by atoms with Crippen LogP contribution >= 0.6 is 0 Å². The second-order valence-corrected chi connectivity index (χ2v) is 6.57. The van der Waals surface area contributed by atoms with Gasteiger partial charge in [-0.05, 0) is 41.5 Å². The number of rotatable bonds is 7. The van der Waals surface area contributed by atoms with Crippen molar-refractivity contribution in [2.75, 3.05) is 0 Å². The average molecular weight is 385 g/mol. The summed E-state index contributed by atoms with van der Waals surface area (Å²) >= 11 is 0. The van der Waals surface area contributed by atoms with Gasteiger partial charge < -0.3 is 14.3 Å². The molecule has 4 rings (SSSR count). The number of aliphatic carboxylic acids is 1. The molecule has 1 N–H and O–H groups in total. The molecule has 0 fully saturated rings. The molecule has 5 heteroatoms. The van der Waals surface area contributed by atoms with Gasteiger partial charge >= 0.3 is 5.97 Å². The Balaban J connectivity index is 1.61. The molecule has 0 unspecified atom stereocenters. The predicted molar refractivity (Wildman–Crippen MR) is 111 cm³/mol. The smallest absolute Gasteiger partial charge is 0.308 e. The molecule has 1 aromatic heterocycles. The van der Waals surface area contributed by atoms with Gasteiger partial charge in [0.1, 0.15) is 17.9 Å². The molecule has 0 aliphatic rings. The first-order valence-electron chi connectivity index (χ1n) is 9.22. The molecular weight excluding hydrogens is 366 g/mol. The van der Waals surface area contributed by atoms with Crippen molar-refractivity contribution in [2.24, 2.45) is 0 Å². The number of para-hydroxylation sites is 2. The van der Waals surface area contributed by atoms with Crippen molar-refractivity contribution in [1.29, 1.82) is 0 Å². The number of hydrogen-bond acceptors (Lipinski definition) is 4. The fraction of sp³-hybridized carbons (Fsp3) is 0.0833. The highest BCUT2D eigenvalue weighted by Crippen LogP contribution is 2.26. The van der Waals surface area contributed by atoms with E-state index in [0.29, 0.717) is 34.9 Å². The number of nitrogens with zero attached hydrogens (tertiary/aromatic N) is 1. The standard InChI is InChI=1S/C24H19NO4/c26-23(27)15-19(24-25-21-11-4-5-12-22(21)29-24)13-18-9-6-10-20(14-18)28-16-17-7-2-1-3-8-17/h1-14H,15-16H2,(H,26,27). The SMILES string of the molecule is O=C(O)CC(=Cc1cccc(OCc2ccccc2)c1)c1nc2ccccc2o1. The van der Waals surface area contributed by atoms with Crippen molar-refractivity contribution >= 4 is 28.7 Å². The van der Waals surface area contributed by atoms with E-state index in [-0.39, 0.29) is 6.42 Å². The number of carboxylic acid groups (broad SMARTS) is 1. The van der Waals surface area contributed by atoms with Crippen LogP contribution in [0.3, 0.4) is 0 Å². The Kier molecular flexibility index (Phi) is 5.38. The van der Waals surface area contributed by atoms with Crippen LogP contribution in [0.2, 0.25) is 0 Å². The molecular formula is C24H19NO4. The second kappa shape index (κ2) is 8.44. The summed E-state index contributed by atoms with van der Waals surface area (Å²) in [4.78, 5) is 15.8. The van der Waals surface area contributed by atoms with Crippen molar-refractivity contribution in [3.05, 3.63) is 95.9 Å². The minimum Gasteiger partial charge on any atom is -0.489 e. The molecule has 29 heavy (non-hydrogen) atoms. The van der Waals surface area contributed by atoms with Gasteiger partial charge in [-0.3, -0.25) is 4.79 Å². The Morgan fingerprint density at radius 1 is 1.00 bits per heavy atom. The van der Waals surface area contributed by atoms with Crippen molar-refractivity contribution in [2.45, 2.75) is 13.0 Å². The summed E-state index contributed by atoms with van der Waals surface area (Å²) in [7, 11) is 0. The van der Waals surface area contributed by atoms with E-state index in [0.717, 1.165) is 11.1 Å². The fourth-order valence-electron chi connectivity index (χ4n) is 3.00. The quantitative estimate of drug-likeness (QED) is 0.460. The zero-order chi connectivity index (χ0) is 20.1. The normalized spacial score (nSPS) is 11.5. The van der Waals surface area contributed by atoms with E-state index >= 15 is 0 Å². The Morgan fingerprint density at radius 2 is 1.79 bits per heavy atom. The van der Waals surface area contributed by atoms with Crippen molar-refractivity contribution < 1.29 is 19.1 Å². The second-order valence-electron chi connectivity index (χ2n) is 6.57. The molecule has 0 spiro atoms. The van der Waals surface area contributed by atoms with E-state index in [1.807, 2.05) is 78.9 Å². The average Bonchev–Trinajstić information content (AvgIpc) is 3.17. The monoisotopic (exact) mass is 385 g/mol. The number of carboxylic acids is 1. The van der Waals surface area contributed by atoms with Crippen molar-refractivity contribution in [1.82, 2.24) is 4.98 Å². The van der Waals surface area contributed by atoms with Crippen LogP contribution in [0.15, 0.2) is 83.3 Å². The largest absolute Gasteiger partial charge is 0.489 e. The highest BCUT2D eigenvalue weighted by Gasteiger charge is 2.14. The lowest BCUT2D eigenvalue weighted by molar-refractivity contribution is -0.135. The summed E-state index contributed by atoms with van der Waals surface area (Å²) in [5.41, 5.74) is 3.70. The van der Waals surface area contributed by atoms with E-state index in [1.165, 1.54) is 0 Å². The van der Waals surface area contributed by atoms with Crippen LogP contribution in [0.1, 0.15) is 23.4 Å². The lowest BCUT2D eigenvalue weighted by Gasteiger charge is -2.07. The van der Waals surface area contributed by atoms with Crippen LogP contribution < -0.4 is 4.74 Å². The summed E-state index contributed by atoms with van der Waals surface area (Å²) in [6.45, 7) is 0.459. The van der Waals surface area contributed by atoms with Crippen molar-refractivity contribution in [3.63, 3.8) is 0 Å². The maximum atomic E-state index is 11.4. The Morgan fingerprint density at radius 3 is 2.59 bits per heavy atom. The molecule has 0 bridgehead atoms. The minimum absolute atomic E-state index is 0.193. The highest BCUT2D eigenvalue weighted by atomic mass is 16.5. The lowest BCUT2D eigenvalue weighted by atomic mass is 10.1. The summed E-state index contributed by atoms with van der Waals surface area (Å²) in [6, 6.07) is 24.8. The molecule has 0 atom stereocenters. The Bertz CT molecular complexity index is 1130. The van der Waals surface area contributed by atoms with E-state index in [1.54, 1.807) is 6.08 Å². The summed E-state index contributed by atoms with van der Waals surface area (Å²) in [5, 5.41) is 9.33. The minimum atomic E-state index is -0.949. The Labute approximate surface area is 167 Å². The zero-order valence-electron chi connectivity index (χ0n) is 15.6. The van der Waals surface area contributed by atoms with E-state index < -0.39 is 5.97 Å². The van der Waals surface area contributed by atoms with Gasteiger partial charge in [-0.2, -0.15) is 0 Å². The fourth-order valence-corrected chi connectivity index (χ4v) is 3.00. The lowest BCUT2D eigenvalue weighted by Crippen LogP contribution is -1.98. The number of oxazole rings is 1. The maximum Gasteiger partial charge on any atom is 0.308 e. The van der Waals surface area contributed by atoms with Gasteiger partial charge in [0.15, 0.2) is 5.58 Å². The van der Waals surface area contributed by atoms with Crippen LogP contribution in [-0.4, -0.2) is 16.1 Å². The van der Waals surface area contributed by atoms with Gasteiger partial charge in [0, 0.05) is 5.57 Å². The van der Waals surface area contributed by atoms with Gasteiger partial charge in [-0.1, -0.05) is 54.6 Å². The molecule has 0 saturated carbocycles. The molecule has 1 heterocycles. The van der Waals surface area contributed by atoms with Gasteiger partial charge in [-0.15, -0.1) is 0 Å². The molecule has 144 valence electrons.